The molecule has 3 heterocycles. The van der Waals surface area contributed by atoms with Gasteiger partial charge in [-0.2, -0.15) is 0 Å². The lowest BCUT2D eigenvalue weighted by molar-refractivity contribution is 0.0651. The van der Waals surface area contributed by atoms with E-state index >= 15 is 0 Å². The molecule has 0 saturated carbocycles. The van der Waals surface area contributed by atoms with E-state index in [0.717, 1.165) is 35.2 Å². The summed E-state index contributed by atoms with van der Waals surface area (Å²) in [5.74, 6) is 0. The largest absolute Gasteiger partial charge is 0.387 e. The Balaban J connectivity index is 1.99. The molecule has 5 heteroatoms. The molecule has 106 valence electrons. The third-order valence-corrected chi connectivity index (χ3v) is 3.90. The van der Waals surface area contributed by atoms with Gasteiger partial charge in [-0.15, -0.1) is 0 Å². The molecule has 1 saturated heterocycles. The summed E-state index contributed by atoms with van der Waals surface area (Å²) in [6, 6.07) is 4.01. The highest BCUT2D eigenvalue weighted by Gasteiger charge is 2.36. The number of pyridine rings is 2. The maximum absolute atomic E-state index is 10.5. The summed E-state index contributed by atoms with van der Waals surface area (Å²) in [5, 5.41) is 14.6. The summed E-state index contributed by atoms with van der Waals surface area (Å²) in [4.78, 5) is 11.0. The van der Waals surface area contributed by atoms with Gasteiger partial charge in [0.25, 0.3) is 0 Å². The van der Waals surface area contributed by atoms with E-state index < -0.39 is 5.60 Å². The molecule has 1 fully saturated rings. The van der Waals surface area contributed by atoms with Gasteiger partial charge >= 0.3 is 0 Å². The molecule has 2 aromatic rings. The molecule has 20 heavy (non-hydrogen) atoms. The van der Waals surface area contributed by atoms with Crippen LogP contribution in [0.5, 0.6) is 0 Å². The van der Waals surface area contributed by atoms with Crippen molar-refractivity contribution in [3.05, 3.63) is 30.2 Å². The first-order valence-electron chi connectivity index (χ1n) is 6.95. The molecule has 0 spiro atoms. The number of nitrogens with one attached hydrogen (secondary N) is 1. The molecule has 2 N–H and O–H groups in total. The van der Waals surface area contributed by atoms with Gasteiger partial charge in [-0.1, -0.05) is 0 Å². The summed E-state index contributed by atoms with van der Waals surface area (Å²) < 4.78 is 0. The smallest absolute Gasteiger partial charge is 0.0961 e. The number of aliphatic hydroxyl groups is 1. The lowest BCUT2D eigenvalue weighted by Crippen LogP contribution is -2.41. The average molecular weight is 272 g/mol. The predicted molar refractivity (Wildman–Crippen MR) is 80.0 cm³/mol. The van der Waals surface area contributed by atoms with Crippen LogP contribution in [0, 0.1) is 6.92 Å². The number of nitrogens with zero attached hydrogens (tertiary/aromatic N) is 3. The first-order chi connectivity index (χ1) is 9.61. The van der Waals surface area contributed by atoms with Gasteiger partial charge in [0.15, 0.2) is 0 Å². The van der Waals surface area contributed by atoms with E-state index in [2.05, 4.69) is 26.3 Å². The van der Waals surface area contributed by atoms with Crippen LogP contribution in [0.15, 0.2) is 24.5 Å². The third kappa shape index (κ3) is 2.34. The van der Waals surface area contributed by atoms with Crippen LogP contribution in [-0.4, -0.2) is 47.4 Å². The number of hydrogen-bond donors (Lipinski definition) is 2. The number of aromatic nitrogens is 2. The normalized spacial score (nSPS) is 22.6. The second-order valence-electron chi connectivity index (χ2n) is 5.60. The van der Waals surface area contributed by atoms with Gasteiger partial charge in [-0.25, -0.2) is 0 Å². The Morgan fingerprint density at radius 2 is 2.35 bits per heavy atom. The molecule has 0 aromatic carbocycles. The van der Waals surface area contributed by atoms with E-state index in [1.54, 1.807) is 6.20 Å². The summed E-state index contributed by atoms with van der Waals surface area (Å²) in [6.07, 6.45) is 4.39. The molecule has 0 bridgehead atoms. The lowest BCUT2D eigenvalue weighted by Gasteiger charge is -2.25. The summed E-state index contributed by atoms with van der Waals surface area (Å²) >= 11 is 0. The van der Waals surface area contributed by atoms with Crippen molar-refractivity contribution in [2.45, 2.75) is 18.9 Å². The van der Waals surface area contributed by atoms with Crippen molar-refractivity contribution < 1.29 is 5.11 Å². The molecule has 0 unspecified atom stereocenters. The zero-order chi connectivity index (χ0) is 14.2. The third-order valence-electron chi connectivity index (χ3n) is 3.90. The average Bonchev–Trinajstić information content (AvgIpc) is 2.80. The predicted octanol–water partition coefficient (Wildman–Crippen LogP) is 1.10. The number of hydrogen-bond acceptors (Lipinski definition) is 5. The molecular formula is C15H20N4O. The quantitative estimate of drug-likeness (QED) is 0.876. The monoisotopic (exact) mass is 272 g/mol. The molecule has 3 rings (SSSR count). The van der Waals surface area contributed by atoms with E-state index in [9.17, 15) is 5.11 Å². The Bertz CT molecular complexity index is 630. The first kappa shape index (κ1) is 13.3. The number of aryl methyl sites for hydroxylation is 1. The fraction of sp³-hybridized carbons (Fsp3) is 0.467. The summed E-state index contributed by atoms with van der Waals surface area (Å²) in [7, 11) is 1.87. The van der Waals surface area contributed by atoms with Crippen molar-refractivity contribution in [1.82, 2.24) is 15.3 Å². The van der Waals surface area contributed by atoms with E-state index in [1.165, 1.54) is 0 Å². The standard InChI is InChI=1S/C15H20N4O/c1-11-7-14(12-8-17-5-3-13(12)18-11)19-6-4-15(20,10-19)9-16-2/h3,5,7-8,16,20H,4,6,9-10H2,1-2H3/t15-/m1/s1. The Morgan fingerprint density at radius 1 is 1.50 bits per heavy atom. The van der Waals surface area contributed by atoms with Crippen LogP contribution >= 0.6 is 0 Å². The van der Waals surface area contributed by atoms with Crippen LogP contribution in [-0.2, 0) is 0 Å². The molecule has 1 aliphatic rings. The van der Waals surface area contributed by atoms with Gasteiger partial charge in [0.2, 0.25) is 0 Å². The summed E-state index contributed by atoms with van der Waals surface area (Å²) in [5.41, 5.74) is 2.41. The van der Waals surface area contributed by atoms with Crippen LogP contribution in [0.1, 0.15) is 12.1 Å². The van der Waals surface area contributed by atoms with Gasteiger partial charge in [-0.05, 0) is 32.5 Å². The minimum Gasteiger partial charge on any atom is -0.387 e. The first-order valence-corrected chi connectivity index (χ1v) is 6.95. The van der Waals surface area contributed by atoms with E-state index in [4.69, 9.17) is 0 Å². The number of likely N-dealkylation sites (N-methyl/N-ethyl adjacent to an activating group) is 1. The number of fused-ring (bicyclic) bond motifs is 1. The second kappa shape index (κ2) is 5.00. The lowest BCUT2D eigenvalue weighted by atomic mass is 10.0. The molecule has 0 amide bonds. The maximum atomic E-state index is 10.5. The number of anilines is 1. The highest BCUT2D eigenvalue weighted by Crippen LogP contribution is 2.31. The topological polar surface area (TPSA) is 61.3 Å². The second-order valence-corrected chi connectivity index (χ2v) is 5.60. The maximum Gasteiger partial charge on any atom is 0.0961 e. The van der Waals surface area contributed by atoms with Crippen molar-refractivity contribution in [3.8, 4) is 0 Å². The van der Waals surface area contributed by atoms with Crippen LogP contribution in [0.2, 0.25) is 0 Å². The van der Waals surface area contributed by atoms with E-state index in [0.29, 0.717) is 13.1 Å². The number of rotatable bonds is 3. The van der Waals surface area contributed by atoms with E-state index in [1.807, 2.05) is 26.2 Å². The Hall–Kier alpha value is -1.72. The Labute approximate surface area is 118 Å². The van der Waals surface area contributed by atoms with Crippen LogP contribution in [0.4, 0.5) is 5.69 Å². The minimum absolute atomic E-state index is 0.615. The van der Waals surface area contributed by atoms with Gasteiger partial charge in [0.1, 0.15) is 0 Å². The van der Waals surface area contributed by atoms with Crippen LogP contribution in [0.3, 0.4) is 0 Å². The molecule has 5 nitrogen and oxygen atoms in total. The highest BCUT2D eigenvalue weighted by atomic mass is 16.3. The van der Waals surface area contributed by atoms with E-state index in [-0.39, 0.29) is 0 Å². The Morgan fingerprint density at radius 3 is 3.15 bits per heavy atom. The molecule has 2 aromatic heterocycles. The van der Waals surface area contributed by atoms with Crippen molar-refractivity contribution >= 4 is 16.6 Å². The zero-order valence-electron chi connectivity index (χ0n) is 11.9. The number of β-amino-alcohol motifs (C(OH)–C–C–N with tert-alkyl or cyclic N) is 1. The molecule has 1 atom stereocenters. The fourth-order valence-corrected chi connectivity index (χ4v) is 2.98. The summed E-state index contributed by atoms with van der Waals surface area (Å²) in [6.45, 7) is 4.11. The SMILES string of the molecule is CNC[C@]1(O)CCN(c2cc(C)nc3ccncc23)C1. The molecular weight excluding hydrogens is 252 g/mol. The van der Waals surface area contributed by atoms with Crippen molar-refractivity contribution in [3.63, 3.8) is 0 Å². The van der Waals surface area contributed by atoms with Crippen LogP contribution in [0.25, 0.3) is 10.9 Å². The minimum atomic E-state index is -0.652. The van der Waals surface area contributed by atoms with Gasteiger partial charge in [-0.3, -0.25) is 9.97 Å². The van der Waals surface area contributed by atoms with Gasteiger partial charge in [0.05, 0.1) is 11.1 Å². The van der Waals surface area contributed by atoms with Gasteiger partial charge < -0.3 is 15.3 Å². The van der Waals surface area contributed by atoms with Gasteiger partial charge in [0, 0.05) is 48.8 Å². The molecule has 0 radical (unpaired) electrons. The fourth-order valence-electron chi connectivity index (χ4n) is 2.98. The van der Waals surface area contributed by atoms with Crippen molar-refractivity contribution in [2.24, 2.45) is 0 Å². The Kier molecular flexibility index (Phi) is 3.31. The highest BCUT2D eigenvalue weighted by molar-refractivity contribution is 5.91. The molecule has 1 aliphatic heterocycles. The molecule has 0 aliphatic carbocycles. The van der Waals surface area contributed by atoms with Crippen molar-refractivity contribution in [2.75, 3.05) is 31.6 Å². The zero-order valence-corrected chi connectivity index (χ0v) is 11.9. The van der Waals surface area contributed by atoms with Crippen molar-refractivity contribution in [1.29, 1.82) is 0 Å². The van der Waals surface area contributed by atoms with Crippen LogP contribution < -0.4 is 10.2 Å².